The van der Waals surface area contributed by atoms with E-state index in [9.17, 15) is 17.6 Å². The summed E-state index contributed by atoms with van der Waals surface area (Å²) in [6.45, 7) is 0. The van der Waals surface area contributed by atoms with E-state index in [-0.39, 0.29) is 5.71 Å². The van der Waals surface area contributed by atoms with Crippen LogP contribution in [0.1, 0.15) is 0 Å². The van der Waals surface area contributed by atoms with Crippen molar-refractivity contribution in [1.82, 2.24) is 0 Å². The number of halogens is 1. The molecule has 0 heterocycles. The van der Waals surface area contributed by atoms with E-state index >= 15 is 0 Å². The highest BCUT2D eigenvalue weighted by Gasteiger charge is 2.12. The lowest BCUT2D eigenvalue weighted by molar-refractivity contribution is -0.112. The van der Waals surface area contributed by atoms with Gasteiger partial charge in [0.15, 0.2) is 5.83 Å². The van der Waals surface area contributed by atoms with E-state index < -0.39 is 21.7 Å². The van der Waals surface area contributed by atoms with Gasteiger partial charge in [-0.05, 0) is 12.2 Å². The summed E-state index contributed by atoms with van der Waals surface area (Å²) in [4.78, 5) is 10.6. The van der Waals surface area contributed by atoms with Crippen molar-refractivity contribution >= 4 is 21.6 Å². The van der Waals surface area contributed by atoms with Gasteiger partial charge in [0.05, 0.1) is 6.26 Å². The molecule has 0 N–H and O–H groups in total. The fraction of sp³-hybridized carbons (Fsp3) is 0.143. The van der Waals surface area contributed by atoms with E-state index in [0.717, 1.165) is 24.5 Å². The van der Waals surface area contributed by atoms with Crippen LogP contribution in [0.25, 0.3) is 0 Å². The van der Waals surface area contributed by atoms with Gasteiger partial charge < -0.3 is 0 Å². The standard InChI is InChI=1S/C7H6FNO4S/c1-14(11,12)13-9-5-2-3-7(10)6(8)4-5/h2-4H,1H3/b9-5+. The van der Waals surface area contributed by atoms with E-state index in [1.165, 1.54) is 0 Å². The van der Waals surface area contributed by atoms with Gasteiger partial charge in [0, 0.05) is 6.08 Å². The largest absolute Gasteiger partial charge is 0.325 e. The van der Waals surface area contributed by atoms with Crippen LogP contribution in [-0.2, 0) is 19.2 Å². The number of carbonyl (C=O) groups is 1. The number of nitrogens with zero attached hydrogens (tertiary/aromatic N) is 1. The third kappa shape index (κ3) is 3.09. The second-order valence-electron chi connectivity index (χ2n) is 2.48. The Morgan fingerprint density at radius 2 is 2.07 bits per heavy atom. The second kappa shape index (κ2) is 3.70. The molecule has 0 saturated heterocycles. The molecule has 14 heavy (non-hydrogen) atoms. The number of hydrogen-bond acceptors (Lipinski definition) is 5. The zero-order chi connectivity index (χ0) is 10.8. The Kier molecular flexibility index (Phi) is 2.80. The van der Waals surface area contributed by atoms with Crippen LogP contribution in [0.15, 0.2) is 29.2 Å². The van der Waals surface area contributed by atoms with Crippen LogP contribution in [0.5, 0.6) is 0 Å². The van der Waals surface area contributed by atoms with Crippen molar-refractivity contribution in [2.24, 2.45) is 5.16 Å². The molecule has 0 spiro atoms. The average Bonchev–Trinajstić information content (AvgIpc) is 2.06. The van der Waals surface area contributed by atoms with Crippen LogP contribution in [0, 0.1) is 0 Å². The van der Waals surface area contributed by atoms with Gasteiger partial charge in [-0.3, -0.25) is 9.08 Å². The zero-order valence-electron chi connectivity index (χ0n) is 7.10. The SMILES string of the molecule is CS(=O)(=O)O/N=C1\C=CC(=O)C(F)=C1. The van der Waals surface area contributed by atoms with E-state index in [1.54, 1.807) is 0 Å². The minimum absolute atomic E-state index is 0.0764. The molecular formula is C7H6FNO4S. The first-order valence-corrected chi connectivity index (χ1v) is 5.26. The molecule has 1 rings (SSSR count). The Hall–Kier alpha value is -1.50. The molecule has 0 fully saturated rings. The predicted molar refractivity (Wildman–Crippen MR) is 46.7 cm³/mol. The van der Waals surface area contributed by atoms with Gasteiger partial charge in [-0.15, -0.1) is 0 Å². The van der Waals surface area contributed by atoms with Crippen LogP contribution in [0.4, 0.5) is 4.39 Å². The lowest BCUT2D eigenvalue weighted by Crippen LogP contribution is -2.06. The zero-order valence-corrected chi connectivity index (χ0v) is 7.91. The van der Waals surface area contributed by atoms with Crippen molar-refractivity contribution in [2.75, 3.05) is 6.26 Å². The molecule has 76 valence electrons. The van der Waals surface area contributed by atoms with E-state index in [4.69, 9.17) is 0 Å². The molecular weight excluding hydrogens is 213 g/mol. The lowest BCUT2D eigenvalue weighted by Gasteiger charge is -1.99. The van der Waals surface area contributed by atoms with Gasteiger partial charge in [0.2, 0.25) is 5.78 Å². The van der Waals surface area contributed by atoms with Crippen LogP contribution in [0.3, 0.4) is 0 Å². The molecule has 5 nitrogen and oxygen atoms in total. The summed E-state index contributed by atoms with van der Waals surface area (Å²) in [6, 6.07) is 0. The Bertz CT molecular complexity index is 446. The summed E-state index contributed by atoms with van der Waals surface area (Å²) in [5.74, 6) is -1.80. The summed E-state index contributed by atoms with van der Waals surface area (Å²) >= 11 is 0. The van der Waals surface area contributed by atoms with Crippen LogP contribution in [-0.4, -0.2) is 26.2 Å². The Morgan fingerprint density at radius 3 is 2.57 bits per heavy atom. The molecule has 1 aliphatic carbocycles. The monoisotopic (exact) mass is 219 g/mol. The first kappa shape index (κ1) is 10.6. The minimum Gasteiger partial charge on any atom is -0.287 e. The maximum Gasteiger partial charge on any atom is 0.325 e. The maximum absolute atomic E-state index is 12.6. The smallest absolute Gasteiger partial charge is 0.287 e. The average molecular weight is 219 g/mol. The summed E-state index contributed by atoms with van der Waals surface area (Å²) in [5.41, 5.74) is -0.0764. The first-order chi connectivity index (χ1) is 6.38. The highest BCUT2D eigenvalue weighted by molar-refractivity contribution is 7.85. The minimum atomic E-state index is -3.71. The second-order valence-corrected chi connectivity index (χ2v) is 4.04. The van der Waals surface area contributed by atoms with Crippen LogP contribution >= 0.6 is 0 Å². The molecule has 0 radical (unpaired) electrons. The van der Waals surface area contributed by atoms with Crippen molar-refractivity contribution in [2.45, 2.75) is 0 Å². The molecule has 0 unspecified atom stereocenters. The van der Waals surface area contributed by atoms with E-state index in [0.29, 0.717) is 0 Å². The van der Waals surface area contributed by atoms with Crippen molar-refractivity contribution in [1.29, 1.82) is 0 Å². The van der Waals surface area contributed by atoms with Crippen LogP contribution in [0.2, 0.25) is 0 Å². The van der Waals surface area contributed by atoms with Gasteiger partial charge in [0.1, 0.15) is 5.71 Å². The Balaban J connectivity index is 2.83. The van der Waals surface area contributed by atoms with Crippen molar-refractivity contribution in [3.8, 4) is 0 Å². The molecule has 1 aliphatic rings. The summed E-state index contributed by atoms with van der Waals surface area (Å²) in [5, 5.41) is 3.11. The number of rotatable bonds is 2. The number of ketones is 1. The van der Waals surface area contributed by atoms with E-state index in [2.05, 4.69) is 9.44 Å². The molecule has 0 atom stereocenters. The third-order valence-corrected chi connectivity index (χ3v) is 1.54. The lowest BCUT2D eigenvalue weighted by atomic mass is 10.1. The molecule has 0 bridgehead atoms. The number of oxime groups is 1. The third-order valence-electron chi connectivity index (χ3n) is 1.19. The van der Waals surface area contributed by atoms with Gasteiger partial charge in [-0.2, -0.15) is 8.42 Å². The molecule has 0 saturated carbocycles. The molecule has 0 aromatic heterocycles. The van der Waals surface area contributed by atoms with Gasteiger partial charge in [-0.25, -0.2) is 4.39 Å². The van der Waals surface area contributed by atoms with Crippen molar-refractivity contribution in [3.05, 3.63) is 24.1 Å². The Labute approximate surface area is 79.7 Å². The predicted octanol–water partition coefficient (Wildman–Crippen LogP) is 0.311. The van der Waals surface area contributed by atoms with Crippen LogP contribution < -0.4 is 0 Å². The van der Waals surface area contributed by atoms with Gasteiger partial charge >= 0.3 is 10.1 Å². The molecule has 7 heteroatoms. The maximum atomic E-state index is 12.6. The van der Waals surface area contributed by atoms with Gasteiger partial charge in [0.25, 0.3) is 0 Å². The highest BCUT2D eigenvalue weighted by Crippen LogP contribution is 2.07. The fourth-order valence-electron chi connectivity index (χ4n) is 0.657. The topological polar surface area (TPSA) is 72.8 Å². The van der Waals surface area contributed by atoms with Gasteiger partial charge in [-0.1, -0.05) is 5.16 Å². The quantitative estimate of drug-likeness (QED) is 0.495. The fourth-order valence-corrected chi connectivity index (χ4v) is 0.879. The number of carbonyl (C=O) groups excluding carboxylic acids is 1. The van der Waals surface area contributed by atoms with Crippen molar-refractivity contribution in [3.63, 3.8) is 0 Å². The molecule has 0 aromatic carbocycles. The number of allylic oxidation sites excluding steroid dienone is 4. The van der Waals surface area contributed by atoms with Crippen molar-refractivity contribution < 1.29 is 21.9 Å². The Morgan fingerprint density at radius 1 is 1.43 bits per heavy atom. The highest BCUT2D eigenvalue weighted by atomic mass is 32.2. The summed E-state index contributed by atoms with van der Waals surface area (Å²) in [7, 11) is -3.71. The summed E-state index contributed by atoms with van der Waals surface area (Å²) < 4.78 is 37.6. The molecule has 0 aromatic rings. The molecule has 0 aliphatic heterocycles. The summed E-state index contributed by atoms with van der Waals surface area (Å²) in [6.07, 6.45) is 3.67. The normalized spacial score (nSPS) is 19.7. The van der Waals surface area contributed by atoms with E-state index in [1.807, 2.05) is 0 Å². The first-order valence-electron chi connectivity index (χ1n) is 3.45. The molecule has 0 amide bonds. The number of hydrogen-bond donors (Lipinski definition) is 0.